The van der Waals surface area contributed by atoms with Crippen molar-refractivity contribution < 1.29 is 8.83 Å². The van der Waals surface area contributed by atoms with Crippen LogP contribution in [0, 0.1) is 0 Å². The van der Waals surface area contributed by atoms with Gasteiger partial charge in [-0.15, -0.1) is 0 Å². The van der Waals surface area contributed by atoms with Crippen LogP contribution in [0.25, 0.3) is 76.9 Å². The molecule has 0 aliphatic heterocycles. The molecule has 230 valence electrons. The van der Waals surface area contributed by atoms with E-state index < -0.39 is 0 Å². The lowest BCUT2D eigenvalue weighted by atomic mass is 9.98. The summed E-state index contributed by atoms with van der Waals surface area (Å²) in [5.41, 5.74) is 11.5. The maximum atomic E-state index is 6.47. The second-order valence-corrected chi connectivity index (χ2v) is 12.5. The van der Waals surface area contributed by atoms with E-state index in [0.29, 0.717) is 0 Å². The molecular weight excluding hydrogens is 599 g/mol. The highest BCUT2D eigenvalue weighted by molar-refractivity contribution is 6.19. The van der Waals surface area contributed by atoms with Crippen LogP contribution < -0.4 is 4.90 Å². The molecule has 0 unspecified atom stereocenters. The van der Waals surface area contributed by atoms with E-state index in [4.69, 9.17) is 8.83 Å². The maximum absolute atomic E-state index is 6.47. The Morgan fingerprint density at radius 2 is 0.959 bits per heavy atom. The van der Waals surface area contributed by atoms with Crippen LogP contribution in [0.15, 0.2) is 185 Å². The smallest absolute Gasteiger partial charge is 0.143 e. The molecule has 3 heteroatoms. The zero-order chi connectivity index (χ0) is 32.3. The van der Waals surface area contributed by atoms with Gasteiger partial charge in [0.2, 0.25) is 0 Å². The van der Waals surface area contributed by atoms with Crippen molar-refractivity contribution in [1.29, 1.82) is 0 Å². The molecule has 0 saturated heterocycles. The molecule has 2 aromatic heterocycles. The van der Waals surface area contributed by atoms with Crippen LogP contribution in [-0.4, -0.2) is 0 Å². The molecule has 3 nitrogen and oxygen atoms in total. The van der Waals surface area contributed by atoms with E-state index in [9.17, 15) is 0 Å². The van der Waals surface area contributed by atoms with Gasteiger partial charge in [-0.2, -0.15) is 0 Å². The van der Waals surface area contributed by atoms with Gasteiger partial charge in [-0.3, -0.25) is 0 Å². The topological polar surface area (TPSA) is 29.5 Å². The molecule has 0 spiro atoms. The summed E-state index contributed by atoms with van der Waals surface area (Å²) in [6, 6.07) is 62.0. The Kier molecular flexibility index (Phi) is 6.18. The first kappa shape index (κ1) is 27.5. The average Bonchev–Trinajstić information content (AvgIpc) is 3.74. The van der Waals surface area contributed by atoms with Crippen LogP contribution in [0.2, 0.25) is 0 Å². The fourth-order valence-corrected chi connectivity index (χ4v) is 7.32. The molecule has 49 heavy (non-hydrogen) atoms. The summed E-state index contributed by atoms with van der Waals surface area (Å²) in [5.74, 6) is 0. The van der Waals surface area contributed by atoms with Gasteiger partial charge in [0.25, 0.3) is 0 Å². The maximum Gasteiger partial charge on any atom is 0.143 e. The first-order chi connectivity index (χ1) is 24.3. The number of benzene rings is 8. The van der Waals surface area contributed by atoms with E-state index in [1.807, 2.05) is 12.1 Å². The van der Waals surface area contributed by atoms with Crippen molar-refractivity contribution in [3.63, 3.8) is 0 Å². The third-order valence-electron chi connectivity index (χ3n) is 9.68. The zero-order valence-electron chi connectivity index (χ0n) is 26.5. The Labute approximate surface area is 282 Å². The average molecular weight is 628 g/mol. The van der Waals surface area contributed by atoms with Crippen molar-refractivity contribution in [2.75, 3.05) is 4.90 Å². The molecule has 0 N–H and O–H groups in total. The van der Waals surface area contributed by atoms with Crippen LogP contribution in [0.3, 0.4) is 0 Å². The third kappa shape index (κ3) is 4.51. The third-order valence-corrected chi connectivity index (χ3v) is 9.68. The number of hydrogen-bond donors (Lipinski definition) is 0. The first-order valence-electron chi connectivity index (χ1n) is 16.6. The highest BCUT2D eigenvalue weighted by Gasteiger charge is 2.17. The van der Waals surface area contributed by atoms with Crippen molar-refractivity contribution in [1.82, 2.24) is 0 Å². The van der Waals surface area contributed by atoms with Crippen LogP contribution >= 0.6 is 0 Å². The normalized spacial score (nSPS) is 11.7. The lowest BCUT2D eigenvalue weighted by Gasteiger charge is -2.26. The summed E-state index contributed by atoms with van der Waals surface area (Å²) < 4.78 is 12.6. The predicted molar refractivity (Wildman–Crippen MR) is 204 cm³/mol. The molecule has 0 atom stereocenters. The monoisotopic (exact) mass is 627 g/mol. The molecule has 0 fully saturated rings. The Hall–Kier alpha value is -6.58. The Bertz CT molecular complexity index is 2810. The van der Waals surface area contributed by atoms with E-state index >= 15 is 0 Å². The summed E-state index contributed by atoms with van der Waals surface area (Å²) in [5, 5.41) is 6.89. The van der Waals surface area contributed by atoms with Gasteiger partial charge < -0.3 is 13.7 Å². The molecule has 0 radical (unpaired) electrons. The summed E-state index contributed by atoms with van der Waals surface area (Å²) in [7, 11) is 0. The molecule has 10 rings (SSSR count). The van der Waals surface area contributed by atoms with Crippen LogP contribution in [-0.2, 0) is 0 Å². The second-order valence-electron chi connectivity index (χ2n) is 12.5. The summed E-state index contributed by atoms with van der Waals surface area (Å²) in [6.45, 7) is 0. The summed E-state index contributed by atoms with van der Waals surface area (Å²) in [4.78, 5) is 2.30. The minimum atomic E-state index is 0.901. The summed E-state index contributed by atoms with van der Waals surface area (Å²) >= 11 is 0. The van der Waals surface area contributed by atoms with E-state index in [1.165, 1.54) is 5.39 Å². The largest absolute Gasteiger partial charge is 0.456 e. The minimum Gasteiger partial charge on any atom is -0.456 e. The molecule has 0 aliphatic carbocycles. The van der Waals surface area contributed by atoms with Crippen LogP contribution in [0.5, 0.6) is 0 Å². The molecular formula is C46H29NO2. The van der Waals surface area contributed by atoms with E-state index in [1.54, 1.807) is 0 Å². The van der Waals surface area contributed by atoms with Crippen molar-refractivity contribution in [2.45, 2.75) is 0 Å². The first-order valence-corrected chi connectivity index (χ1v) is 16.6. The predicted octanol–water partition coefficient (Wildman–Crippen LogP) is 13.4. The lowest BCUT2D eigenvalue weighted by Crippen LogP contribution is -2.09. The van der Waals surface area contributed by atoms with Crippen molar-refractivity contribution in [2.24, 2.45) is 0 Å². The van der Waals surface area contributed by atoms with Gasteiger partial charge in [-0.1, -0.05) is 109 Å². The molecule has 8 aromatic carbocycles. The van der Waals surface area contributed by atoms with Crippen molar-refractivity contribution in [3.05, 3.63) is 176 Å². The lowest BCUT2D eigenvalue weighted by molar-refractivity contribution is 0.669. The number of fused-ring (bicyclic) bond motifs is 8. The molecule has 2 heterocycles. The molecule has 0 aliphatic rings. The number of hydrogen-bond acceptors (Lipinski definition) is 3. The van der Waals surface area contributed by atoms with Gasteiger partial charge in [-0.05, 0) is 94.4 Å². The van der Waals surface area contributed by atoms with Crippen LogP contribution in [0.4, 0.5) is 17.1 Å². The molecule has 0 amide bonds. The number of nitrogens with zero attached hydrogens (tertiary/aromatic N) is 1. The zero-order valence-corrected chi connectivity index (χ0v) is 26.5. The van der Waals surface area contributed by atoms with Gasteiger partial charge in [-0.25, -0.2) is 0 Å². The second kappa shape index (κ2) is 11.0. The SMILES string of the molecule is c1ccc(N(c2ccc(-c3ccc4c(c3)oc3ccccc34)cc2)c2ccc(-c3cccc4oc5c6ccccc6ccc5c34)cc2)cc1. The quantitative estimate of drug-likeness (QED) is 0.190. The van der Waals surface area contributed by atoms with Crippen molar-refractivity contribution in [3.8, 4) is 22.3 Å². The van der Waals surface area contributed by atoms with E-state index in [2.05, 4.69) is 169 Å². The van der Waals surface area contributed by atoms with Crippen LogP contribution in [0.1, 0.15) is 0 Å². The van der Waals surface area contributed by atoms with E-state index in [-0.39, 0.29) is 0 Å². The molecule has 10 aromatic rings. The van der Waals surface area contributed by atoms with E-state index in [0.717, 1.165) is 88.6 Å². The highest BCUT2D eigenvalue weighted by atomic mass is 16.3. The van der Waals surface area contributed by atoms with Crippen molar-refractivity contribution >= 4 is 71.7 Å². The number of rotatable bonds is 5. The summed E-state index contributed by atoms with van der Waals surface area (Å²) in [6.07, 6.45) is 0. The number of furan rings is 2. The Balaban J connectivity index is 1.03. The van der Waals surface area contributed by atoms with Gasteiger partial charge in [0.15, 0.2) is 0 Å². The van der Waals surface area contributed by atoms with Gasteiger partial charge in [0.05, 0.1) is 0 Å². The fourth-order valence-electron chi connectivity index (χ4n) is 7.32. The fraction of sp³-hybridized carbons (Fsp3) is 0. The highest BCUT2D eigenvalue weighted by Crippen LogP contribution is 2.41. The van der Waals surface area contributed by atoms with Gasteiger partial charge >= 0.3 is 0 Å². The Morgan fingerprint density at radius 3 is 1.78 bits per heavy atom. The molecule has 0 bridgehead atoms. The van der Waals surface area contributed by atoms with Gasteiger partial charge in [0.1, 0.15) is 22.3 Å². The standard InChI is InChI=1S/C46H29NO2/c1-2-10-34(11-3-1)47(35-23-17-30(18-24-35)33-22-27-40-39-13-6-7-15-42(39)48-44(40)29-33)36-25-19-32(20-26-36)37-14-8-16-43-45(37)41-28-21-31-9-4-5-12-38(31)46(41)49-43/h1-29H. The number of anilines is 3. The minimum absolute atomic E-state index is 0.901. The Morgan fingerprint density at radius 1 is 0.347 bits per heavy atom. The molecule has 0 saturated carbocycles. The van der Waals surface area contributed by atoms with Gasteiger partial charge in [0, 0.05) is 44.0 Å². The number of para-hydroxylation sites is 2.